The summed E-state index contributed by atoms with van der Waals surface area (Å²) in [6.07, 6.45) is 16.4. The Kier molecular flexibility index (Phi) is 98.5. The number of nitro benzene ring substituents is 1. The van der Waals surface area contributed by atoms with Gasteiger partial charge in [-0.25, -0.2) is 8.42 Å². The van der Waals surface area contributed by atoms with Crippen LogP contribution < -0.4 is 0 Å². The van der Waals surface area contributed by atoms with Crippen molar-refractivity contribution < 1.29 is 47.0 Å². The molecule has 124 heavy (non-hydrogen) atoms. The third-order valence-corrected chi connectivity index (χ3v) is 295. The molecule has 718 valence electrons. The van der Waals surface area contributed by atoms with Gasteiger partial charge in [-0.1, -0.05) is 230 Å². The molecule has 32 atom stereocenters. The van der Waals surface area contributed by atoms with Gasteiger partial charge in [0, 0.05) is 46.2 Å². The predicted octanol–water partition coefficient (Wildman–Crippen LogP) is 40.6. The molecule has 0 saturated carbocycles. The summed E-state index contributed by atoms with van der Waals surface area (Å²) in [5, 5.41) is 29.0. The number of sulfonamides is 1. The maximum atomic E-state index is 13.4. The van der Waals surface area contributed by atoms with Crippen molar-refractivity contribution in [2.45, 2.75) is 161 Å². The van der Waals surface area contributed by atoms with E-state index in [2.05, 4.69) is 340 Å². The second-order valence-electron chi connectivity index (χ2n) is 27.6. The van der Waals surface area contributed by atoms with Gasteiger partial charge >= 0.3 is 5.97 Å². The van der Waals surface area contributed by atoms with Crippen LogP contribution in [0.4, 0.5) is 5.69 Å². The molecule has 2 N–H and O–H groups in total. The number of hydrogen-bond donors (Lipinski definition) is 2. The largest absolute Gasteiger partial charge is 0.481 e. The van der Waals surface area contributed by atoms with E-state index >= 15 is 0 Å². The quantitative estimate of drug-likeness (QED) is 0.0104. The van der Waals surface area contributed by atoms with Gasteiger partial charge in [-0.05, 0) is 228 Å². The number of hydrogen-bond acceptors (Lipinski definition) is 10. The van der Waals surface area contributed by atoms with Gasteiger partial charge in [0.15, 0.2) is 13.2 Å². The third-order valence-electron chi connectivity index (χ3n) is 17.1. The number of rotatable bonds is 51. The molecule has 0 aromatic heterocycles. The number of carbonyl (C=O) groups excluding carboxylic acids is 1. The van der Waals surface area contributed by atoms with Crippen LogP contribution in [0.5, 0.6) is 0 Å². The van der Waals surface area contributed by atoms with Gasteiger partial charge in [0.25, 0.3) is 5.69 Å². The van der Waals surface area contributed by atoms with E-state index in [4.69, 9.17) is 24.1 Å². The highest BCUT2D eigenvalue weighted by molar-refractivity contribution is 14.1. The Morgan fingerprint density at radius 2 is 0.887 bits per heavy atom. The Hall–Kier alpha value is 16.2. The molecule has 3 aromatic rings. The molecule has 0 fully saturated rings. The van der Waals surface area contributed by atoms with Crippen molar-refractivity contribution in [2.24, 2.45) is 11.8 Å². The number of unbranched alkanes of at least 4 members (excludes halogenated alkanes) is 6. The number of aliphatic hydroxyl groups is 1. The van der Waals surface area contributed by atoms with E-state index in [1.165, 1.54) is 35.6 Å². The van der Waals surface area contributed by atoms with Crippen molar-refractivity contribution in [3.63, 3.8) is 0 Å². The van der Waals surface area contributed by atoms with Crippen molar-refractivity contribution >= 4 is 453 Å². The fourth-order valence-corrected chi connectivity index (χ4v) is 503. The van der Waals surface area contributed by atoms with Crippen molar-refractivity contribution in [1.29, 1.82) is 0 Å². The molecule has 0 aliphatic carbocycles. The van der Waals surface area contributed by atoms with E-state index in [0.717, 1.165) is 96.2 Å². The van der Waals surface area contributed by atoms with Crippen LogP contribution in [0.15, 0.2) is 133 Å². The summed E-state index contributed by atoms with van der Waals surface area (Å²) < 4.78 is 49.4. The highest BCUT2D eigenvalue weighted by Crippen LogP contribution is 3.30. The van der Waals surface area contributed by atoms with Crippen LogP contribution in [0.2, 0.25) is 18.1 Å². The fraction of sp³-hybridized carbons (Fsp3) is 0.533. The number of benzene rings is 3. The number of nitrogens with zero attached hydrogens (tertiary/aromatic N) is 3. The molecule has 3 rings (SSSR count). The number of likely N-dealkylation sites (N-methyl/N-ethyl adjacent to an activating group) is 2. The molecule has 0 bridgehead atoms. The van der Waals surface area contributed by atoms with E-state index in [-0.39, 0.29) is 166 Å². The summed E-state index contributed by atoms with van der Waals surface area (Å²) >= 11 is 4.32. The molecular weight excluding hydrogens is 2680 g/mol. The summed E-state index contributed by atoms with van der Waals surface area (Å²) in [5.74, 6) is -0.464. The van der Waals surface area contributed by atoms with E-state index in [9.17, 15) is 28.1 Å². The number of halogens is 2. The van der Waals surface area contributed by atoms with E-state index in [1.54, 1.807) is 0 Å². The predicted molar refractivity (Wildman–Crippen MR) is 728 cm³/mol. The first-order valence-electron chi connectivity index (χ1n) is 37.1. The molecule has 14 nitrogen and oxygen atoms in total. The van der Waals surface area contributed by atoms with E-state index in [1.807, 2.05) is 94.6 Å². The normalized spacial score (nSPS) is 14.2. The average molecular weight is 2820 g/mol. The maximum Gasteiger partial charge on any atom is 0.303 e. The lowest BCUT2D eigenvalue weighted by atomic mass is 9.93. The standard InChI is InChI=1S/C24H36INO3.C23H27IN2O5S.C13H28O3Si.H21P19.H20P18.H11P9/c1-20(14-16-25)24(26(3)23(28)13-9-4-5-10-17-27)21(2)15-18-29-19-22-11-7-6-8-12-22;1-18(13-15-24)23(19(2)14-16-31-17-20-9-5-4-6-10-20)25(3)32(29,30)22-12-8-7-11-21(22)26(27)28;1-13(2,3)17(4,5)16-11-9-7-6-8-10-12(14)15;1-11-16(10)19(17(12(2)3)13(4)5)18(14(6)7)15(8)9;1-11(2)16(12(3)4)18(15(9)10)17(13(5)6)14(7)8;1-6-9(7(2)3)8(4)5/h6-8,11-12,14-16,20,24,27H,4-5,9-10,13,17-19H2,1-3H3;4-15,18,23H,16-17H2,1-3H3;6-11H2,1-5H3,(H,14,15);11H,1-10H2;1-10H2;6H,1-5H2/b16-14+,21-15+;15-13+,19-14+;;;;/t20-,24?;18-,23-;;;;/m00..../s1. The molecule has 1 amide bonds. The van der Waals surface area contributed by atoms with Gasteiger partial charge < -0.3 is 29.0 Å². The van der Waals surface area contributed by atoms with Crippen LogP contribution in [-0.2, 0) is 46.7 Å². The van der Waals surface area contributed by atoms with Crippen LogP contribution in [0.25, 0.3) is 0 Å². The number of carboxylic acids is 1. The summed E-state index contributed by atoms with van der Waals surface area (Å²) in [4.78, 5) is 35.3. The molecule has 0 saturated heterocycles. The molecule has 3 aromatic carbocycles. The number of amides is 1. The number of aliphatic carboxylic acids is 1. The lowest BCUT2D eigenvalue weighted by molar-refractivity contribution is -0.387. The monoisotopic (exact) mass is 2820 g/mol. The van der Waals surface area contributed by atoms with Crippen molar-refractivity contribution in [1.82, 2.24) is 9.21 Å². The lowest BCUT2D eigenvalue weighted by Crippen LogP contribution is -2.41. The fourth-order valence-electron chi connectivity index (χ4n) is 10.2. The van der Waals surface area contributed by atoms with Crippen molar-refractivity contribution in [3.8, 4) is 0 Å². The molecule has 0 aliphatic heterocycles. The van der Waals surface area contributed by atoms with Crippen LogP contribution in [-0.4, -0.2) is 106 Å². The Labute approximate surface area is 861 Å². The maximum absolute atomic E-state index is 13.4. The third kappa shape index (κ3) is 63.6. The Balaban J connectivity index is -0.00000147. The van der Waals surface area contributed by atoms with E-state index in [0.29, 0.717) is 46.3 Å². The van der Waals surface area contributed by atoms with Gasteiger partial charge in [0.05, 0.1) is 43.4 Å². The number of aliphatic hydroxyl groups excluding tert-OH is 1. The zero-order valence-corrected chi connectivity index (χ0v) is 126. The van der Waals surface area contributed by atoms with Gasteiger partial charge in [0.1, 0.15) is 0 Å². The molecule has 0 heterocycles. The summed E-state index contributed by atoms with van der Waals surface area (Å²) in [7, 11) is 77.0. The Morgan fingerprint density at radius 3 is 1.23 bits per heavy atom. The highest BCUT2D eigenvalue weighted by atomic mass is 127. The second kappa shape index (κ2) is 84.6. The number of para-hydroxylation sites is 1. The summed E-state index contributed by atoms with van der Waals surface area (Å²) in [6.45, 7) is 24.4. The first-order chi connectivity index (χ1) is 57.7. The van der Waals surface area contributed by atoms with Crippen molar-refractivity contribution in [2.75, 3.05) is 40.5 Å². The van der Waals surface area contributed by atoms with Gasteiger partial charge in [0.2, 0.25) is 15.9 Å². The molecule has 64 heteroatoms. The average Bonchev–Trinajstić information content (AvgIpc) is 0.778. The number of ether oxygens (including phenoxy) is 2. The van der Waals surface area contributed by atoms with Crippen molar-refractivity contribution in [3.05, 3.63) is 150 Å². The zero-order chi connectivity index (χ0) is 96.1. The van der Waals surface area contributed by atoms with Gasteiger partial charge in [-0.2, -0.15) is 4.31 Å². The summed E-state index contributed by atoms with van der Waals surface area (Å²) in [6, 6.07) is 24.8. The number of nitro groups is 1. The highest BCUT2D eigenvalue weighted by Gasteiger charge is 2.43. The van der Waals surface area contributed by atoms with Crippen LogP contribution in [0.3, 0.4) is 0 Å². The minimum Gasteiger partial charge on any atom is -0.481 e. The SMILES string of the molecule is C/C(=C\COCc1ccccc1)C([C@@H](C)/C=C/I)N(C)C(=O)CCCCCCO.C/C(=C\COCc1ccccc1)[C@H]([C@@H](C)/C=C/I)N(C)S(=O)(=O)c1ccccc1[N+](=O)[O-].CC(C)(C)[Si](C)(C)OCCCCCCC(=O)O.PP(P)P(P(P)P)P(P(P)P)P(P(P)P)P(P)P.PPP(P(P)P)P(P)P.PPP(P)P(P(P(P)P)P(P)P)P(P(P)P)P(P)P. The topological polar surface area (TPSA) is 186 Å². The number of carboxylic acid groups (broad SMARTS) is 1. The summed E-state index contributed by atoms with van der Waals surface area (Å²) in [5.41, 5.74) is 3.71. The van der Waals surface area contributed by atoms with Gasteiger partial charge in [-0.3, -0.25) is 19.7 Å². The van der Waals surface area contributed by atoms with Crippen LogP contribution in [0, 0.1) is 22.0 Å². The smallest absolute Gasteiger partial charge is 0.303 e. The minimum atomic E-state index is -4.12. The molecule has 0 radical (unpaired) electrons. The first-order valence-corrected chi connectivity index (χ1v) is 125. The molecule has 0 spiro atoms. The minimum absolute atomic E-state index is 0.0197. The van der Waals surface area contributed by atoms with Crippen LogP contribution >= 0.6 is 417 Å². The Bertz CT molecular complexity index is 3500. The zero-order valence-electron chi connectivity index (χ0n) is 72.2. The van der Waals surface area contributed by atoms with E-state index < -0.39 is 41.0 Å². The van der Waals surface area contributed by atoms with Crippen LogP contribution in [0.1, 0.15) is 124 Å². The second-order valence-corrected chi connectivity index (χ2v) is 210. The first kappa shape index (κ1) is 144. The lowest BCUT2D eigenvalue weighted by Gasteiger charge is -2.44. The Morgan fingerprint density at radius 1 is 0.532 bits per heavy atom. The molecular formula is C60H143I2N3O11P46SSi. The number of carbonyl (C=O) groups is 2. The van der Waals surface area contributed by atoms with Gasteiger partial charge in [-0.15, -0.1) is 223 Å². The molecule has 29 unspecified atom stereocenters. The molecule has 0 aliphatic rings.